The number of rotatable bonds is 11. The molecule has 0 aliphatic heterocycles. The molecule has 0 amide bonds. The third-order valence-electron chi connectivity index (χ3n) is 2.72. The molecular formula is C13H28O4. The summed E-state index contributed by atoms with van der Waals surface area (Å²) in [6.07, 6.45) is 2.58. The summed E-state index contributed by atoms with van der Waals surface area (Å²) >= 11 is 0. The molecule has 2 unspecified atom stereocenters. The number of ether oxygens (including phenoxy) is 2. The highest BCUT2D eigenvalue weighted by Crippen LogP contribution is 2.11. The minimum atomic E-state index is -0.872. The summed E-state index contributed by atoms with van der Waals surface area (Å²) in [5, 5.41) is 18.7. The Bertz CT molecular complexity index is 163. The average molecular weight is 248 g/mol. The van der Waals surface area contributed by atoms with Gasteiger partial charge in [-0.05, 0) is 19.8 Å². The van der Waals surface area contributed by atoms with E-state index in [1.807, 2.05) is 6.92 Å². The van der Waals surface area contributed by atoms with Crippen LogP contribution in [0.15, 0.2) is 0 Å². The van der Waals surface area contributed by atoms with Crippen molar-refractivity contribution >= 4 is 0 Å². The lowest BCUT2D eigenvalue weighted by molar-refractivity contribution is -0.126. The van der Waals surface area contributed by atoms with Crippen LogP contribution in [0.4, 0.5) is 0 Å². The fraction of sp³-hybridized carbons (Fsp3) is 1.00. The van der Waals surface area contributed by atoms with Crippen LogP contribution in [0.2, 0.25) is 0 Å². The minimum absolute atomic E-state index is 0.194. The van der Waals surface area contributed by atoms with Gasteiger partial charge < -0.3 is 19.7 Å². The van der Waals surface area contributed by atoms with Gasteiger partial charge in [-0.25, -0.2) is 0 Å². The molecule has 17 heavy (non-hydrogen) atoms. The number of aliphatic hydroxyl groups is 2. The van der Waals surface area contributed by atoms with Crippen LogP contribution in [0.5, 0.6) is 0 Å². The number of unbranched alkanes of at least 4 members (excludes halogenated alkanes) is 2. The van der Waals surface area contributed by atoms with E-state index in [2.05, 4.69) is 13.8 Å². The third-order valence-corrected chi connectivity index (χ3v) is 2.72. The van der Waals surface area contributed by atoms with Crippen LogP contribution in [-0.2, 0) is 9.47 Å². The van der Waals surface area contributed by atoms with Crippen LogP contribution in [0, 0.1) is 0 Å². The molecule has 2 N–H and O–H groups in total. The van der Waals surface area contributed by atoms with Crippen molar-refractivity contribution in [1.29, 1.82) is 0 Å². The van der Waals surface area contributed by atoms with E-state index in [4.69, 9.17) is 14.6 Å². The predicted octanol–water partition coefficient (Wildman–Crippen LogP) is 1.73. The highest BCUT2D eigenvalue weighted by atomic mass is 16.5. The Hall–Kier alpha value is -0.160. The molecule has 3 atom stereocenters. The average Bonchev–Trinajstić information content (AvgIpc) is 2.34. The van der Waals surface area contributed by atoms with Gasteiger partial charge in [-0.3, -0.25) is 0 Å². The van der Waals surface area contributed by atoms with E-state index < -0.39 is 12.2 Å². The van der Waals surface area contributed by atoms with Crippen LogP contribution in [0.1, 0.15) is 46.5 Å². The molecule has 0 aromatic carbocycles. The molecule has 0 radical (unpaired) electrons. The van der Waals surface area contributed by atoms with Gasteiger partial charge in [0.1, 0.15) is 12.2 Å². The van der Waals surface area contributed by atoms with Crippen molar-refractivity contribution < 1.29 is 19.7 Å². The van der Waals surface area contributed by atoms with Crippen molar-refractivity contribution in [2.45, 2.75) is 64.8 Å². The molecule has 0 saturated heterocycles. The smallest absolute Gasteiger partial charge is 0.111 e. The van der Waals surface area contributed by atoms with Gasteiger partial charge in [0, 0.05) is 13.2 Å². The number of aliphatic hydroxyl groups excluding tert-OH is 2. The number of hydrogen-bond acceptors (Lipinski definition) is 4. The molecule has 0 saturated carbocycles. The molecule has 104 valence electrons. The molecule has 0 aliphatic rings. The first kappa shape index (κ1) is 16.8. The fourth-order valence-corrected chi connectivity index (χ4v) is 1.54. The van der Waals surface area contributed by atoms with E-state index in [-0.39, 0.29) is 12.7 Å². The summed E-state index contributed by atoms with van der Waals surface area (Å²) in [5.41, 5.74) is 0. The maximum absolute atomic E-state index is 9.69. The van der Waals surface area contributed by atoms with Crippen molar-refractivity contribution in [2.24, 2.45) is 0 Å². The molecule has 0 bridgehead atoms. The maximum Gasteiger partial charge on any atom is 0.111 e. The van der Waals surface area contributed by atoms with E-state index in [9.17, 15) is 5.11 Å². The highest BCUT2D eigenvalue weighted by Gasteiger charge is 2.26. The topological polar surface area (TPSA) is 58.9 Å². The van der Waals surface area contributed by atoms with E-state index in [1.165, 1.54) is 0 Å². The lowest BCUT2D eigenvalue weighted by Crippen LogP contribution is -2.42. The molecular weight excluding hydrogens is 220 g/mol. The first-order chi connectivity index (χ1) is 8.17. The second-order valence-corrected chi connectivity index (χ2v) is 4.37. The Kier molecular flexibility index (Phi) is 10.9. The zero-order chi connectivity index (χ0) is 13.1. The molecule has 0 heterocycles. The first-order valence-corrected chi connectivity index (χ1v) is 6.69. The molecule has 0 spiro atoms. The number of hydrogen-bond donors (Lipinski definition) is 2. The van der Waals surface area contributed by atoms with E-state index in [0.29, 0.717) is 13.2 Å². The largest absolute Gasteiger partial charge is 0.394 e. The van der Waals surface area contributed by atoms with Crippen molar-refractivity contribution in [2.75, 3.05) is 19.8 Å². The summed E-state index contributed by atoms with van der Waals surface area (Å²) in [4.78, 5) is 0. The van der Waals surface area contributed by atoms with Crippen LogP contribution in [0.25, 0.3) is 0 Å². The second kappa shape index (κ2) is 11.0. The van der Waals surface area contributed by atoms with Gasteiger partial charge in [-0.15, -0.1) is 0 Å². The molecule has 4 nitrogen and oxygen atoms in total. The van der Waals surface area contributed by atoms with Crippen LogP contribution >= 0.6 is 0 Å². The Morgan fingerprint density at radius 3 is 2.00 bits per heavy atom. The van der Waals surface area contributed by atoms with E-state index >= 15 is 0 Å². The summed E-state index contributed by atoms with van der Waals surface area (Å²) in [5.74, 6) is 0. The quantitative estimate of drug-likeness (QED) is 0.547. The zero-order valence-corrected chi connectivity index (χ0v) is 11.4. The second-order valence-electron chi connectivity index (χ2n) is 4.37. The van der Waals surface area contributed by atoms with Gasteiger partial charge in [-0.2, -0.15) is 0 Å². The normalized spacial score (nSPS) is 16.8. The minimum Gasteiger partial charge on any atom is -0.394 e. The first-order valence-electron chi connectivity index (χ1n) is 6.69. The molecule has 0 aliphatic carbocycles. The summed E-state index contributed by atoms with van der Waals surface area (Å²) in [7, 11) is 0. The summed E-state index contributed by atoms with van der Waals surface area (Å²) < 4.78 is 11.2. The third kappa shape index (κ3) is 7.71. The standard InChI is InChI=1S/C13H28O4/c1-4-6-8-16-11(3)13(12(15)10-14)17-9-7-5-2/h11-15H,4-10H2,1-3H3/t11?,12?,13-/m0/s1. The van der Waals surface area contributed by atoms with Crippen LogP contribution in [0.3, 0.4) is 0 Å². The Labute approximate surface area is 105 Å². The van der Waals surface area contributed by atoms with Gasteiger partial charge in [0.25, 0.3) is 0 Å². The van der Waals surface area contributed by atoms with Gasteiger partial charge in [-0.1, -0.05) is 26.7 Å². The molecule has 0 aromatic heterocycles. The molecule has 0 fully saturated rings. The molecule has 0 aromatic rings. The summed E-state index contributed by atoms with van der Waals surface area (Å²) in [6, 6.07) is 0. The van der Waals surface area contributed by atoms with Gasteiger partial charge >= 0.3 is 0 Å². The predicted molar refractivity (Wildman–Crippen MR) is 68.1 cm³/mol. The van der Waals surface area contributed by atoms with Crippen molar-refractivity contribution in [3.63, 3.8) is 0 Å². The van der Waals surface area contributed by atoms with Crippen molar-refractivity contribution in [3.8, 4) is 0 Å². The molecule has 4 heteroatoms. The Morgan fingerprint density at radius 2 is 1.53 bits per heavy atom. The van der Waals surface area contributed by atoms with E-state index in [0.717, 1.165) is 25.7 Å². The van der Waals surface area contributed by atoms with Gasteiger partial charge in [0.05, 0.1) is 12.7 Å². The summed E-state index contributed by atoms with van der Waals surface area (Å²) in [6.45, 7) is 7.04. The maximum atomic E-state index is 9.69. The Balaban J connectivity index is 4.05. The van der Waals surface area contributed by atoms with Gasteiger partial charge in [0.2, 0.25) is 0 Å². The van der Waals surface area contributed by atoms with Crippen LogP contribution < -0.4 is 0 Å². The lowest BCUT2D eigenvalue weighted by Gasteiger charge is -2.27. The van der Waals surface area contributed by atoms with E-state index in [1.54, 1.807) is 0 Å². The lowest BCUT2D eigenvalue weighted by atomic mass is 10.1. The highest BCUT2D eigenvalue weighted by molar-refractivity contribution is 4.75. The van der Waals surface area contributed by atoms with Crippen molar-refractivity contribution in [3.05, 3.63) is 0 Å². The molecule has 0 rings (SSSR count). The van der Waals surface area contributed by atoms with Crippen molar-refractivity contribution in [1.82, 2.24) is 0 Å². The monoisotopic (exact) mass is 248 g/mol. The fourth-order valence-electron chi connectivity index (χ4n) is 1.54. The Morgan fingerprint density at radius 1 is 1.00 bits per heavy atom. The van der Waals surface area contributed by atoms with Gasteiger partial charge in [0.15, 0.2) is 0 Å². The van der Waals surface area contributed by atoms with Crippen LogP contribution in [-0.4, -0.2) is 48.3 Å². The SMILES string of the molecule is CCCCOC(C)[C@H](OCCCC)C(O)CO. The zero-order valence-electron chi connectivity index (χ0n) is 11.4.